The van der Waals surface area contributed by atoms with Gasteiger partial charge in [0, 0.05) is 5.92 Å². The first-order valence-electron chi connectivity index (χ1n) is 5.43. The maximum absolute atomic E-state index is 8.72. The molecular formula is C12H19N. The van der Waals surface area contributed by atoms with Crippen molar-refractivity contribution in [2.24, 2.45) is 11.8 Å². The fraction of sp³-hybridized carbons (Fsp3) is 0.750. The van der Waals surface area contributed by atoms with E-state index in [1.165, 1.54) is 25.7 Å². The van der Waals surface area contributed by atoms with Gasteiger partial charge in [-0.3, -0.25) is 0 Å². The van der Waals surface area contributed by atoms with Gasteiger partial charge in [-0.05, 0) is 38.0 Å². The van der Waals surface area contributed by atoms with Crippen LogP contribution < -0.4 is 0 Å². The Bertz CT molecular complexity index is 192. The second kappa shape index (κ2) is 5.80. The number of unbranched alkanes of at least 4 members (excludes halogenated alkanes) is 1. The Morgan fingerprint density at radius 1 is 1.31 bits per heavy atom. The molecule has 1 aliphatic carbocycles. The van der Waals surface area contributed by atoms with E-state index in [1.807, 2.05) is 0 Å². The summed E-state index contributed by atoms with van der Waals surface area (Å²) in [5, 5.41) is 8.72. The van der Waals surface area contributed by atoms with Crippen molar-refractivity contribution in [2.75, 3.05) is 0 Å². The van der Waals surface area contributed by atoms with E-state index < -0.39 is 0 Å². The third kappa shape index (κ3) is 3.63. The summed E-state index contributed by atoms with van der Waals surface area (Å²) in [6, 6.07) is 2.37. The molecule has 72 valence electrons. The normalized spacial score (nSPS) is 28.9. The number of hydrogen-bond donors (Lipinski definition) is 0. The summed E-state index contributed by atoms with van der Waals surface area (Å²) in [4.78, 5) is 0. The minimum atomic E-state index is 0.343. The van der Waals surface area contributed by atoms with Crippen molar-refractivity contribution in [3.8, 4) is 6.07 Å². The van der Waals surface area contributed by atoms with Crippen molar-refractivity contribution < 1.29 is 0 Å². The lowest BCUT2D eigenvalue weighted by molar-refractivity contribution is 0.362. The summed E-state index contributed by atoms with van der Waals surface area (Å²) >= 11 is 0. The van der Waals surface area contributed by atoms with Gasteiger partial charge in [0.25, 0.3) is 0 Å². The molecule has 0 bridgehead atoms. The zero-order valence-electron chi connectivity index (χ0n) is 8.50. The predicted molar refractivity (Wildman–Crippen MR) is 55.1 cm³/mol. The number of allylic oxidation sites excluding steroid dienone is 2. The van der Waals surface area contributed by atoms with Gasteiger partial charge < -0.3 is 0 Å². The summed E-state index contributed by atoms with van der Waals surface area (Å²) in [6.07, 6.45) is 11.8. The Balaban J connectivity index is 2.22. The van der Waals surface area contributed by atoms with Crippen LogP contribution in [0.3, 0.4) is 0 Å². The van der Waals surface area contributed by atoms with Gasteiger partial charge in [0.2, 0.25) is 0 Å². The number of hydrogen-bond acceptors (Lipinski definition) is 1. The van der Waals surface area contributed by atoms with Gasteiger partial charge in [0.1, 0.15) is 0 Å². The molecule has 1 nitrogen and oxygen atoms in total. The maximum Gasteiger partial charge on any atom is 0.0655 e. The van der Waals surface area contributed by atoms with E-state index in [9.17, 15) is 0 Å². The molecule has 1 fully saturated rings. The van der Waals surface area contributed by atoms with Gasteiger partial charge in [-0.15, -0.1) is 0 Å². The van der Waals surface area contributed by atoms with Crippen LogP contribution in [-0.4, -0.2) is 0 Å². The lowest BCUT2D eigenvalue weighted by Crippen LogP contribution is -2.11. The first-order valence-corrected chi connectivity index (χ1v) is 5.43. The molecule has 0 unspecified atom stereocenters. The van der Waals surface area contributed by atoms with Crippen molar-refractivity contribution >= 4 is 0 Å². The second-order valence-corrected chi connectivity index (χ2v) is 3.96. The number of rotatable bonds is 3. The molecule has 1 rings (SSSR count). The quantitative estimate of drug-likeness (QED) is 0.603. The fourth-order valence-electron chi connectivity index (χ4n) is 1.90. The van der Waals surface area contributed by atoms with Crippen molar-refractivity contribution in [3.05, 3.63) is 12.2 Å². The van der Waals surface area contributed by atoms with Crippen LogP contribution in [0, 0.1) is 23.2 Å². The molecular weight excluding hydrogens is 158 g/mol. The van der Waals surface area contributed by atoms with Crippen molar-refractivity contribution in [1.29, 1.82) is 5.26 Å². The first kappa shape index (κ1) is 10.3. The van der Waals surface area contributed by atoms with Gasteiger partial charge >= 0.3 is 0 Å². The van der Waals surface area contributed by atoms with E-state index in [4.69, 9.17) is 5.26 Å². The van der Waals surface area contributed by atoms with Crippen molar-refractivity contribution in [1.82, 2.24) is 0 Å². The van der Waals surface area contributed by atoms with Crippen LogP contribution in [0.5, 0.6) is 0 Å². The lowest BCUT2D eigenvalue weighted by Gasteiger charge is -2.21. The Morgan fingerprint density at radius 2 is 2.00 bits per heavy atom. The van der Waals surface area contributed by atoms with E-state index in [2.05, 4.69) is 25.1 Å². The van der Waals surface area contributed by atoms with Crippen LogP contribution >= 0.6 is 0 Å². The molecule has 1 saturated carbocycles. The summed E-state index contributed by atoms with van der Waals surface area (Å²) < 4.78 is 0. The smallest absolute Gasteiger partial charge is 0.0655 e. The molecule has 0 aromatic carbocycles. The molecule has 1 heteroatoms. The second-order valence-electron chi connectivity index (χ2n) is 3.96. The summed E-state index contributed by atoms with van der Waals surface area (Å²) in [6.45, 7) is 2.21. The molecule has 0 aromatic heterocycles. The van der Waals surface area contributed by atoms with E-state index in [0.29, 0.717) is 5.92 Å². The average molecular weight is 177 g/mol. The molecule has 1 aliphatic rings. The van der Waals surface area contributed by atoms with E-state index in [-0.39, 0.29) is 0 Å². The summed E-state index contributed by atoms with van der Waals surface area (Å²) in [5.74, 6) is 1.10. The molecule has 0 spiro atoms. The molecule has 0 atom stereocenters. The Hall–Kier alpha value is -0.770. The highest BCUT2D eigenvalue weighted by Crippen LogP contribution is 2.29. The number of nitriles is 1. The topological polar surface area (TPSA) is 23.8 Å². The monoisotopic (exact) mass is 177 g/mol. The van der Waals surface area contributed by atoms with Crippen LogP contribution in [0.1, 0.15) is 45.4 Å². The van der Waals surface area contributed by atoms with Crippen LogP contribution in [0.25, 0.3) is 0 Å². The molecule has 0 saturated heterocycles. The highest BCUT2D eigenvalue weighted by molar-refractivity contribution is 4.94. The van der Waals surface area contributed by atoms with Gasteiger partial charge in [-0.25, -0.2) is 0 Å². The Labute approximate surface area is 81.5 Å². The van der Waals surface area contributed by atoms with Crippen LogP contribution in [-0.2, 0) is 0 Å². The Morgan fingerprint density at radius 3 is 2.54 bits per heavy atom. The molecule has 0 heterocycles. The largest absolute Gasteiger partial charge is 0.198 e. The summed E-state index contributed by atoms with van der Waals surface area (Å²) in [5.41, 5.74) is 0. The molecule has 0 aliphatic heterocycles. The minimum absolute atomic E-state index is 0.343. The third-order valence-corrected chi connectivity index (χ3v) is 2.82. The van der Waals surface area contributed by atoms with Gasteiger partial charge in [-0.1, -0.05) is 25.5 Å². The first-order chi connectivity index (χ1) is 6.36. The van der Waals surface area contributed by atoms with Crippen LogP contribution in [0.15, 0.2) is 12.2 Å². The van der Waals surface area contributed by atoms with Gasteiger partial charge in [0.15, 0.2) is 0 Å². The Kier molecular flexibility index (Phi) is 4.60. The summed E-state index contributed by atoms with van der Waals surface area (Å²) in [7, 11) is 0. The SMILES string of the molecule is CCC/C=C/C1CCC(C#N)CC1. The van der Waals surface area contributed by atoms with E-state index >= 15 is 0 Å². The highest BCUT2D eigenvalue weighted by atomic mass is 14.3. The van der Waals surface area contributed by atoms with E-state index in [1.54, 1.807) is 0 Å². The maximum atomic E-state index is 8.72. The minimum Gasteiger partial charge on any atom is -0.198 e. The molecule has 0 aromatic rings. The average Bonchev–Trinajstić information content (AvgIpc) is 2.19. The zero-order valence-corrected chi connectivity index (χ0v) is 8.50. The highest BCUT2D eigenvalue weighted by Gasteiger charge is 2.18. The molecule has 0 N–H and O–H groups in total. The third-order valence-electron chi connectivity index (χ3n) is 2.82. The molecule has 0 amide bonds. The fourth-order valence-corrected chi connectivity index (χ4v) is 1.90. The van der Waals surface area contributed by atoms with Crippen molar-refractivity contribution in [3.63, 3.8) is 0 Å². The van der Waals surface area contributed by atoms with Crippen LogP contribution in [0.4, 0.5) is 0 Å². The van der Waals surface area contributed by atoms with Gasteiger partial charge in [-0.2, -0.15) is 5.26 Å². The molecule has 0 radical (unpaired) electrons. The standard InChI is InChI=1S/C12H19N/c1-2-3-4-5-11-6-8-12(10-13)9-7-11/h4-5,11-12H,2-3,6-9H2,1H3/b5-4+. The number of nitrogens with zero attached hydrogens (tertiary/aromatic N) is 1. The lowest BCUT2D eigenvalue weighted by atomic mass is 9.82. The zero-order chi connectivity index (χ0) is 9.52. The van der Waals surface area contributed by atoms with Crippen molar-refractivity contribution in [2.45, 2.75) is 45.4 Å². The van der Waals surface area contributed by atoms with Gasteiger partial charge in [0.05, 0.1) is 6.07 Å². The van der Waals surface area contributed by atoms with Crippen LogP contribution in [0.2, 0.25) is 0 Å². The van der Waals surface area contributed by atoms with E-state index in [0.717, 1.165) is 18.8 Å². The predicted octanol–water partition coefficient (Wildman–Crippen LogP) is 3.67. The molecule has 13 heavy (non-hydrogen) atoms.